The smallest absolute Gasteiger partial charge is 0.326 e. The van der Waals surface area contributed by atoms with E-state index in [-0.39, 0.29) is 62.2 Å². The van der Waals surface area contributed by atoms with Crippen LogP contribution in [0.15, 0.2) is 40.3 Å². The molecule has 0 aliphatic heterocycles. The molecule has 23 nitrogen and oxygen atoms in total. The van der Waals surface area contributed by atoms with E-state index in [0.717, 1.165) is 0 Å². The second-order valence-electron chi connectivity index (χ2n) is 15.4. The Morgan fingerprint density at radius 3 is 1.52 bits per heavy atom. The van der Waals surface area contributed by atoms with Crippen molar-refractivity contribution in [2.24, 2.45) is 50.5 Å². The van der Waals surface area contributed by atoms with Crippen molar-refractivity contribution in [3.8, 4) is 0 Å². The predicted octanol–water partition coefficient (Wildman–Crippen LogP) is -4.06. The van der Waals surface area contributed by atoms with Gasteiger partial charge in [-0.3, -0.25) is 43.5 Å². The molecule has 0 fully saturated rings. The molecule has 0 bridgehead atoms. The normalized spacial score (nSPS) is 14.2. The summed E-state index contributed by atoms with van der Waals surface area (Å²) >= 11 is 8.47. The summed E-state index contributed by atoms with van der Waals surface area (Å²) < 4.78 is 0. The zero-order chi connectivity index (χ0) is 48.5. The SMILES string of the molecule is CC(C)[C@H](NC(=O)[C@H](CS)NC(=O)[C@@H](NC(=O)[C@H](CS)NC(=O)[C@H](Cc1ccccc1)NC(=O)[C@@H](N)CCCN=C(N)N)C(C)C)C(=O)NCC(=O)N[C@@H](CCCN=C(N)N)C(=O)O. The van der Waals surface area contributed by atoms with Crippen LogP contribution in [0.1, 0.15) is 58.9 Å². The molecule has 0 saturated carbocycles. The van der Waals surface area contributed by atoms with E-state index in [9.17, 15) is 43.5 Å². The Hall–Kier alpha value is -5.82. The van der Waals surface area contributed by atoms with E-state index in [0.29, 0.717) is 12.0 Å². The quantitative estimate of drug-likeness (QED) is 0.0157. The minimum atomic E-state index is -1.30. The van der Waals surface area contributed by atoms with Gasteiger partial charge in [0.1, 0.15) is 36.3 Å². The Bertz CT molecular complexity index is 1780. The number of carboxylic acids is 1. The number of hydrogen-bond donors (Lipinski definition) is 15. The zero-order valence-corrected chi connectivity index (χ0v) is 38.3. The van der Waals surface area contributed by atoms with Crippen molar-refractivity contribution < 1.29 is 43.5 Å². The highest BCUT2D eigenvalue weighted by molar-refractivity contribution is 7.80. The fourth-order valence-corrected chi connectivity index (χ4v) is 6.29. The molecule has 0 radical (unpaired) electrons. The van der Waals surface area contributed by atoms with Gasteiger partial charge >= 0.3 is 5.97 Å². The number of carbonyl (C=O) groups excluding carboxylic acids is 7. The van der Waals surface area contributed by atoms with Crippen molar-refractivity contribution in [1.29, 1.82) is 0 Å². The molecule has 0 unspecified atom stereocenters. The van der Waals surface area contributed by atoms with Gasteiger partial charge in [-0.25, -0.2) is 4.79 Å². The molecule has 0 heterocycles. The molecule has 18 N–H and O–H groups in total. The van der Waals surface area contributed by atoms with Crippen molar-refractivity contribution in [2.75, 3.05) is 31.1 Å². The Morgan fingerprint density at radius 1 is 0.594 bits per heavy atom. The van der Waals surface area contributed by atoms with E-state index in [4.69, 9.17) is 28.7 Å². The fraction of sp³-hybridized carbons (Fsp3) is 0.590. The molecule has 0 aliphatic rings. The van der Waals surface area contributed by atoms with E-state index in [1.807, 2.05) is 0 Å². The van der Waals surface area contributed by atoms with Crippen LogP contribution < -0.4 is 65.9 Å². The lowest BCUT2D eigenvalue weighted by atomic mass is 10.0. The number of aliphatic imine (C=N–C) groups is 2. The molecule has 0 aliphatic carbocycles. The number of nitrogens with two attached hydrogens (primary N) is 5. The lowest BCUT2D eigenvalue weighted by Gasteiger charge is -2.28. The van der Waals surface area contributed by atoms with Crippen LogP contribution in [0.3, 0.4) is 0 Å². The number of guanidine groups is 2. The summed E-state index contributed by atoms with van der Waals surface area (Å²) in [6.45, 7) is 6.33. The summed E-state index contributed by atoms with van der Waals surface area (Å²) in [5, 5.41) is 27.1. The maximum Gasteiger partial charge on any atom is 0.326 e. The molecule has 0 saturated heterocycles. The lowest BCUT2D eigenvalue weighted by molar-refractivity contribution is -0.142. The number of nitrogens with zero attached hydrogens (tertiary/aromatic N) is 2. The van der Waals surface area contributed by atoms with Crippen LogP contribution in [0.4, 0.5) is 0 Å². The Labute approximate surface area is 383 Å². The molecule has 0 spiro atoms. The van der Waals surface area contributed by atoms with Gasteiger partial charge in [-0.2, -0.15) is 25.3 Å². The van der Waals surface area contributed by atoms with Gasteiger partial charge < -0.3 is 71.0 Å². The fourth-order valence-electron chi connectivity index (χ4n) is 5.77. The zero-order valence-electron chi connectivity index (χ0n) is 36.5. The third-order valence-electron chi connectivity index (χ3n) is 9.35. The highest BCUT2D eigenvalue weighted by Gasteiger charge is 2.34. The van der Waals surface area contributed by atoms with E-state index in [2.05, 4.69) is 72.5 Å². The van der Waals surface area contributed by atoms with E-state index < -0.39 is 108 Å². The number of carboxylic acid groups (broad SMARTS) is 1. The molecular weight excluding hydrogens is 873 g/mol. The second kappa shape index (κ2) is 29.5. The van der Waals surface area contributed by atoms with Gasteiger partial charge in [0.25, 0.3) is 0 Å². The van der Waals surface area contributed by atoms with Crippen LogP contribution in [0.5, 0.6) is 0 Å². The first-order chi connectivity index (χ1) is 30.1. The number of nitrogens with one attached hydrogen (secondary N) is 7. The third-order valence-corrected chi connectivity index (χ3v) is 10.1. The summed E-state index contributed by atoms with van der Waals surface area (Å²) in [5.74, 6) is -8.31. The number of carbonyl (C=O) groups is 8. The van der Waals surface area contributed by atoms with Crippen LogP contribution >= 0.6 is 25.3 Å². The summed E-state index contributed by atoms with van der Waals surface area (Å²) in [4.78, 5) is 112. The average Bonchev–Trinajstić information content (AvgIpc) is 3.23. The van der Waals surface area contributed by atoms with Gasteiger partial charge in [0.05, 0.1) is 12.6 Å². The van der Waals surface area contributed by atoms with Crippen molar-refractivity contribution >= 4 is 84.5 Å². The summed E-state index contributed by atoms with van der Waals surface area (Å²) in [5.41, 5.74) is 28.0. The topological polar surface area (TPSA) is 396 Å². The van der Waals surface area contributed by atoms with Crippen LogP contribution in [-0.2, 0) is 44.8 Å². The van der Waals surface area contributed by atoms with Crippen LogP contribution in [0, 0.1) is 11.8 Å². The Balaban J connectivity index is 3.01. The predicted molar refractivity (Wildman–Crippen MR) is 248 cm³/mol. The van der Waals surface area contributed by atoms with Gasteiger partial charge in [0.15, 0.2) is 11.9 Å². The molecule has 0 aromatic heterocycles. The average molecular weight is 939 g/mol. The van der Waals surface area contributed by atoms with Crippen molar-refractivity contribution in [1.82, 2.24) is 37.2 Å². The summed E-state index contributed by atoms with van der Waals surface area (Å²) in [6, 6.07) is 0.382. The van der Waals surface area contributed by atoms with Crippen LogP contribution in [0.25, 0.3) is 0 Å². The highest BCUT2D eigenvalue weighted by atomic mass is 32.1. The van der Waals surface area contributed by atoms with Gasteiger partial charge in [-0.1, -0.05) is 58.0 Å². The maximum absolute atomic E-state index is 13.7. The molecule has 7 amide bonds. The molecule has 358 valence electrons. The minimum Gasteiger partial charge on any atom is -0.480 e. The summed E-state index contributed by atoms with van der Waals surface area (Å²) in [7, 11) is 0. The van der Waals surface area contributed by atoms with Crippen LogP contribution in [-0.4, -0.2) is 138 Å². The van der Waals surface area contributed by atoms with E-state index in [1.165, 1.54) is 0 Å². The highest BCUT2D eigenvalue weighted by Crippen LogP contribution is 2.09. The molecule has 1 rings (SSSR count). The Morgan fingerprint density at radius 2 is 1.05 bits per heavy atom. The van der Waals surface area contributed by atoms with E-state index in [1.54, 1.807) is 58.0 Å². The van der Waals surface area contributed by atoms with Gasteiger partial charge in [0, 0.05) is 31.0 Å². The number of amides is 7. The third kappa shape index (κ3) is 21.5. The number of hydrogen-bond acceptors (Lipinski definition) is 13. The minimum absolute atomic E-state index is 0.0131. The molecule has 25 heteroatoms. The first-order valence-corrected chi connectivity index (χ1v) is 21.8. The largest absolute Gasteiger partial charge is 0.480 e. The molecule has 7 atom stereocenters. The van der Waals surface area contributed by atoms with Gasteiger partial charge in [-0.05, 0) is 43.1 Å². The maximum atomic E-state index is 13.7. The lowest BCUT2D eigenvalue weighted by Crippen LogP contribution is -2.61. The summed E-state index contributed by atoms with van der Waals surface area (Å²) in [6.07, 6.45) is 0.936. The number of thiol groups is 2. The first kappa shape index (κ1) is 56.2. The van der Waals surface area contributed by atoms with Gasteiger partial charge in [0.2, 0.25) is 41.4 Å². The molecule has 64 heavy (non-hydrogen) atoms. The van der Waals surface area contributed by atoms with Crippen molar-refractivity contribution in [3.05, 3.63) is 35.9 Å². The second-order valence-corrected chi connectivity index (χ2v) is 16.1. The molecular formula is C39H66N14O9S2. The first-order valence-electron chi connectivity index (χ1n) is 20.5. The van der Waals surface area contributed by atoms with Crippen LogP contribution in [0.2, 0.25) is 0 Å². The van der Waals surface area contributed by atoms with Gasteiger partial charge in [-0.15, -0.1) is 0 Å². The van der Waals surface area contributed by atoms with Crippen molar-refractivity contribution in [3.63, 3.8) is 0 Å². The number of benzene rings is 1. The molecule has 1 aromatic carbocycles. The Kier molecular flexibility index (Phi) is 25.9. The monoisotopic (exact) mass is 938 g/mol. The van der Waals surface area contributed by atoms with E-state index >= 15 is 0 Å². The number of rotatable bonds is 29. The molecule has 1 aromatic rings. The number of aliphatic carboxylic acids is 1. The van der Waals surface area contributed by atoms with Crippen molar-refractivity contribution in [2.45, 2.75) is 102 Å². The standard InChI is InChI=1S/C39H66N14O9S2/c1-20(2)29(35(59)47-17-28(54)48-24(37(61)62)13-9-15-46-39(43)44)52-34(58)27(19-64)51-36(60)30(21(3)4)53-33(57)26(18-63)50-32(56)25(16-22-10-6-5-7-11-22)49-31(55)23(40)12-8-14-45-38(41)42/h5-7,10-11,20-21,23-27,29-30,63-64H,8-9,12-19,40H2,1-4H3,(H,47,59)(H,48,54)(H,49,55)(H,50,56)(H,51,60)(H,52,58)(H,53,57)(H,61,62)(H4,41,42,45)(H4,43,44,46)/t23-,24-,25-,26-,27-,29-,30-/m0/s1.